The molecule has 2 aliphatic carbocycles. The Morgan fingerprint density at radius 3 is 2.50 bits per heavy atom. The number of nitrogens with one attached hydrogen (secondary N) is 2. The second-order valence-corrected chi connectivity index (χ2v) is 12.2. The lowest BCUT2D eigenvalue weighted by Crippen LogP contribution is -2.42. The molecular weight excluding hydrogens is 484 g/mol. The van der Waals surface area contributed by atoms with Crippen LogP contribution >= 0.6 is 0 Å². The van der Waals surface area contributed by atoms with Crippen LogP contribution in [0.5, 0.6) is 5.88 Å². The molecule has 2 bridgehead atoms. The number of hydrogen-bond acceptors (Lipinski definition) is 5. The van der Waals surface area contributed by atoms with Crippen LogP contribution in [0.3, 0.4) is 0 Å². The molecule has 2 fully saturated rings. The van der Waals surface area contributed by atoms with E-state index in [0.29, 0.717) is 30.4 Å². The topological polar surface area (TPSA) is 123 Å². The van der Waals surface area contributed by atoms with Gasteiger partial charge >= 0.3 is 5.97 Å². The number of rotatable bonds is 13. The molecule has 3 rings (SSSR count). The van der Waals surface area contributed by atoms with Crippen LogP contribution in [0.4, 0.5) is 0 Å². The maximum atomic E-state index is 13.4. The lowest BCUT2D eigenvalue weighted by Gasteiger charge is -2.41. The van der Waals surface area contributed by atoms with Crippen molar-refractivity contribution in [3.8, 4) is 5.88 Å². The van der Waals surface area contributed by atoms with E-state index in [2.05, 4.69) is 22.7 Å². The van der Waals surface area contributed by atoms with E-state index in [-0.39, 0.29) is 36.7 Å². The fourth-order valence-corrected chi connectivity index (χ4v) is 5.60. The average Bonchev–Trinajstić information content (AvgIpc) is 3.26. The number of carboxylic acid groups (broad SMARTS) is 1. The van der Waals surface area contributed by atoms with E-state index in [1.54, 1.807) is 26.1 Å². The summed E-state index contributed by atoms with van der Waals surface area (Å²) in [5, 5.41) is 19.2. The lowest BCUT2D eigenvalue weighted by atomic mass is 9.66. The molecule has 0 spiro atoms. The maximum Gasteiger partial charge on any atom is 0.303 e. The predicted molar refractivity (Wildman–Crippen MR) is 147 cm³/mol. The standard InChI is InChI=1S/C29H46N4O5/c1-19(2)18-38-27-24(26(36)32-20(3)23-15-21-8-6-9-22(14-21)16-23)17-31-33(27)13-11-29(4,5)28(37)30-12-7-10-25(34)35/h11,13,17,19-23H,6-10,12,14-16,18H2,1-5H3,(H,30,37)(H,32,36)(H,34,35)/b13-11+. The van der Waals surface area contributed by atoms with Crippen molar-refractivity contribution < 1.29 is 24.2 Å². The van der Waals surface area contributed by atoms with Crippen molar-refractivity contribution >= 4 is 24.0 Å². The van der Waals surface area contributed by atoms with Crippen LogP contribution in [0, 0.1) is 29.1 Å². The Balaban J connectivity index is 1.68. The number of carbonyl (C=O) groups is 3. The Morgan fingerprint density at radius 2 is 1.87 bits per heavy atom. The van der Waals surface area contributed by atoms with Gasteiger partial charge in [0, 0.05) is 25.2 Å². The van der Waals surface area contributed by atoms with Gasteiger partial charge in [-0.2, -0.15) is 5.10 Å². The van der Waals surface area contributed by atoms with Crippen LogP contribution in [0.15, 0.2) is 12.3 Å². The summed E-state index contributed by atoms with van der Waals surface area (Å²) in [6, 6.07) is 0.0755. The van der Waals surface area contributed by atoms with Gasteiger partial charge in [-0.15, -0.1) is 0 Å². The van der Waals surface area contributed by atoms with Crippen LogP contribution in [0.25, 0.3) is 6.20 Å². The quantitative estimate of drug-likeness (QED) is 0.317. The SMILES string of the molecule is CC(C)COc1c(C(=O)NC(C)C2CC3CCCC(C3)C2)cnn1/C=C/C(C)(C)C(=O)NCCCC(=O)O. The van der Waals surface area contributed by atoms with Gasteiger partial charge in [0.05, 0.1) is 18.2 Å². The van der Waals surface area contributed by atoms with Crippen LogP contribution in [0.2, 0.25) is 0 Å². The summed E-state index contributed by atoms with van der Waals surface area (Å²) in [6.07, 6.45) is 12.9. The van der Waals surface area contributed by atoms with Crippen molar-refractivity contribution in [3.05, 3.63) is 17.8 Å². The summed E-state index contributed by atoms with van der Waals surface area (Å²) in [5.74, 6) is 1.39. The number of carbonyl (C=O) groups excluding carboxylic acids is 2. The van der Waals surface area contributed by atoms with Gasteiger partial charge in [-0.05, 0) is 70.1 Å². The predicted octanol–water partition coefficient (Wildman–Crippen LogP) is 4.73. The highest BCUT2D eigenvalue weighted by Gasteiger charge is 2.35. The van der Waals surface area contributed by atoms with Gasteiger partial charge in [-0.1, -0.05) is 39.2 Å². The van der Waals surface area contributed by atoms with Crippen molar-refractivity contribution in [2.75, 3.05) is 13.2 Å². The molecule has 0 aliphatic heterocycles. The molecule has 2 amide bonds. The first-order valence-corrected chi connectivity index (χ1v) is 14.2. The van der Waals surface area contributed by atoms with Crippen molar-refractivity contribution in [2.24, 2.45) is 29.1 Å². The molecule has 9 nitrogen and oxygen atoms in total. The highest BCUT2D eigenvalue weighted by atomic mass is 16.5. The van der Waals surface area contributed by atoms with Crippen molar-refractivity contribution in [3.63, 3.8) is 0 Å². The summed E-state index contributed by atoms with van der Waals surface area (Å²) >= 11 is 0. The molecule has 0 aromatic carbocycles. The summed E-state index contributed by atoms with van der Waals surface area (Å²) in [6.45, 7) is 10.4. The number of ether oxygens (including phenoxy) is 1. The van der Waals surface area contributed by atoms with Gasteiger partial charge in [-0.25, -0.2) is 4.68 Å². The van der Waals surface area contributed by atoms with Gasteiger partial charge in [0.1, 0.15) is 5.56 Å². The number of fused-ring (bicyclic) bond motifs is 2. The molecule has 2 saturated carbocycles. The lowest BCUT2D eigenvalue weighted by molar-refractivity contribution is -0.137. The molecule has 3 N–H and O–H groups in total. The molecule has 0 radical (unpaired) electrons. The molecule has 2 aliphatic rings. The van der Waals surface area contributed by atoms with E-state index in [1.165, 1.54) is 49.4 Å². The Hall–Kier alpha value is -2.84. The van der Waals surface area contributed by atoms with Crippen molar-refractivity contribution in [1.29, 1.82) is 0 Å². The average molecular weight is 531 g/mol. The molecule has 1 aromatic heterocycles. The molecule has 1 aromatic rings. The molecular formula is C29H46N4O5. The number of hydrogen-bond donors (Lipinski definition) is 3. The third kappa shape index (κ3) is 8.33. The van der Waals surface area contributed by atoms with Gasteiger partial charge in [-0.3, -0.25) is 14.4 Å². The first-order valence-electron chi connectivity index (χ1n) is 14.2. The highest BCUT2D eigenvalue weighted by molar-refractivity contribution is 5.96. The summed E-state index contributed by atoms with van der Waals surface area (Å²) in [5.41, 5.74) is -0.491. The molecule has 9 heteroatoms. The summed E-state index contributed by atoms with van der Waals surface area (Å²) in [4.78, 5) is 36.7. The van der Waals surface area contributed by atoms with Crippen LogP contribution in [-0.4, -0.2) is 51.9 Å². The molecule has 38 heavy (non-hydrogen) atoms. The maximum absolute atomic E-state index is 13.4. The van der Waals surface area contributed by atoms with E-state index in [9.17, 15) is 14.4 Å². The Morgan fingerprint density at radius 1 is 1.18 bits per heavy atom. The minimum absolute atomic E-state index is 0.00571. The van der Waals surface area contributed by atoms with Gasteiger partial charge < -0.3 is 20.5 Å². The molecule has 0 saturated heterocycles. The minimum Gasteiger partial charge on any atom is -0.481 e. The number of nitrogens with zero attached hydrogens (tertiary/aromatic N) is 2. The Kier molecular flexibility index (Phi) is 10.4. The number of aromatic nitrogens is 2. The summed E-state index contributed by atoms with van der Waals surface area (Å²) < 4.78 is 7.54. The highest BCUT2D eigenvalue weighted by Crippen LogP contribution is 2.43. The van der Waals surface area contributed by atoms with Crippen molar-refractivity contribution in [1.82, 2.24) is 20.4 Å². The number of amides is 2. The van der Waals surface area contributed by atoms with E-state index >= 15 is 0 Å². The fraction of sp³-hybridized carbons (Fsp3) is 0.724. The number of carboxylic acids is 1. The largest absolute Gasteiger partial charge is 0.481 e. The zero-order valence-electron chi connectivity index (χ0n) is 23.7. The minimum atomic E-state index is -0.887. The van der Waals surface area contributed by atoms with Crippen molar-refractivity contribution in [2.45, 2.75) is 92.0 Å². The molecule has 1 heterocycles. The van der Waals surface area contributed by atoms with E-state index in [0.717, 1.165) is 11.8 Å². The van der Waals surface area contributed by atoms with Crippen LogP contribution in [0.1, 0.15) is 96.3 Å². The molecule has 3 atom stereocenters. The normalized spacial score (nSPS) is 22.3. The van der Waals surface area contributed by atoms with E-state index in [1.807, 2.05) is 13.8 Å². The van der Waals surface area contributed by atoms with Crippen LogP contribution < -0.4 is 15.4 Å². The summed E-state index contributed by atoms with van der Waals surface area (Å²) in [7, 11) is 0. The fourth-order valence-electron chi connectivity index (χ4n) is 5.60. The molecule has 3 unspecified atom stereocenters. The second-order valence-electron chi connectivity index (χ2n) is 12.2. The smallest absolute Gasteiger partial charge is 0.303 e. The van der Waals surface area contributed by atoms with E-state index < -0.39 is 11.4 Å². The zero-order chi connectivity index (χ0) is 27.9. The van der Waals surface area contributed by atoms with Gasteiger partial charge in [0.25, 0.3) is 5.91 Å². The Labute approximate surface area is 226 Å². The third-order valence-corrected chi connectivity index (χ3v) is 7.85. The number of aliphatic carboxylic acids is 1. The Bertz CT molecular complexity index is 987. The monoisotopic (exact) mass is 530 g/mol. The first-order chi connectivity index (χ1) is 18.0. The van der Waals surface area contributed by atoms with Crippen LogP contribution in [-0.2, 0) is 9.59 Å². The zero-order valence-corrected chi connectivity index (χ0v) is 23.7. The molecule has 212 valence electrons. The van der Waals surface area contributed by atoms with E-state index in [4.69, 9.17) is 9.84 Å². The second kappa shape index (κ2) is 13.3. The third-order valence-electron chi connectivity index (χ3n) is 7.85. The van der Waals surface area contributed by atoms with Gasteiger partial charge in [0.2, 0.25) is 11.8 Å². The first kappa shape index (κ1) is 29.7. The van der Waals surface area contributed by atoms with Gasteiger partial charge in [0.15, 0.2) is 0 Å².